The first-order valence-corrected chi connectivity index (χ1v) is 4.42. The van der Waals surface area contributed by atoms with Gasteiger partial charge in [-0.25, -0.2) is 4.98 Å². The number of hydrogen-bond donors (Lipinski definition) is 1. The molecule has 0 spiro atoms. The Bertz CT molecular complexity index is 295. The second-order valence-electron chi connectivity index (χ2n) is 3.48. The van der Waals surface area contributed by atoms with Crippen molar-refractivity contribution in [3.63, 3.8) is 0 Å². The SMILES string of the molecule is CC1CCN(C(=O)c2ncn[nH]2)C1. The Morgan fingerprint density at radius 3 is 3.15 bits per heavy atom. The summed E-state index contributed by atoms with van der Waals surface area (Å²) in [5.74, 6) is 0.905. The fourth-order valence-corrected chi connectivity index (χ4v) is 1.58. The summed E-state index contributed by atoms with van der Waals surface area (Å²) < 4.78 is 0. The Hall–Kier alpha value is -1.39. The van der Waals surface area contributed by atoms with E-state index in [4.69, 9.17) is 0 Å². The lowest BCUT2D eigenvalue weighted by Crippen LogP contribution is -2.29. The normalized spacial score (nSPS) is 22.2. The molecule has 2 rings (SSSR count). The maximum absolute atomic E-state index is 11.6. The third-order valence-corrected chi connectivity index (χ3v) is 2.33. The van der Waals surface area contributed by atoms with Crippen LogP contribution < -0.4 is 0 Å². The van der Waals surface area contributed by atoms with E-state index < -0.39 is 0 Å². The fraction of sp³-hybridized carbons (Fsp3) is 0.625. The Balaban J connectivity index is 2.06. The van der Waals surface area contributed by atoms with Gasteiger partial charge in [-0.05, 0) is 12.3 Å². The summed E-state index contributed by atoms with van der Waals surface area (Å²) in [7, 11) is 0. The van der Waals surface area contributed by atoms with Crippen LogP contribution in [0, 0.1) is 5.92 Å². The van der Waals surface area contributed by atoms with Crippen LogP contribution in [-0.2, 0) is 0 Å². The lowest BCUT2D eigenvalue weighted by atomic mass is 10.2. The molecule has 0 aliphatic carbocycles. The van der Waals surface area contributed by atoms with Crippen LogP contribution in [0.25, 0.3) is 0 Å². The standard InChI is InChI=1S/C8H12N4O/c1-6-2-3-12(4-6)8(13)7-9-5-10-11-7/h5-6H,2-4H2,1H3,(H,9,10,11). The first-order valence-electron chi connectivity index (χ1n) is 4.42. The number of aromatic nitrogens is 3. The maximum Gasteiger partial charge on any atom is 0.291 e. The number of likely N-dealkylation sites (tertiary alicyclic amines) is 1. The van der Waals surface area contributed by atoms with E-state index in [0.717, 1.165) is 19.5 Å². The van der Waals surface area contributed by atoms with Crippen molar-refractivity contribution in [3.05, 3.63) is 12.2 Å². The highest BCUT2D eigenvalue weighted by molar-refractivity contribution is 5.90. The van der Waals surface area contributed by atoms with E-state index >= 15 is 0 Å². The van der Waals surface area contributed by atoms with Crippen molar-refractivity contribution in [1.29, 1.82) is 0 Å². The monoisotopic (exact) mass is 180 g/mol. The Morgan fingerprint density at radius 1 is 1.77 bits per heavy atom. The van der Waals surface area contributed by atoms with Crippen molar-refractivity contribution in [2.75, 3.05) is 13.1 Å². The predicted octanol–water partition coefficient (Wildman–Crippen LogP) is 0.287. The number of nitrogens with one attached hydrogen (secondary N) is 1. The number of hydrogen-bond acceptors (Lipinski definition) is 3. The van der Waals surface area contributed by atoms with Crippen molar-refractivity contribution >= 4 is 5.91 Å². The zero-order chi connectivity index (χ0) is 9.26. The Kier molecular flexibility index (Phi) is 2.00. The summed E-state index contributed by atoms with van der Waals surface area (Å²) in [5.41, 5.74) is 0. The minimum Gasteiger partial charge on any atom is -0.336 e. The first kappa shape index (κ1) is 8.22. The molecule has 0 radical (unpaired) electrons. The van der Waals surface area contributed by atoms with Gasteiger partial charge in [0.2, 0.25) is 5.82 Å². The topological polar surface area (TPSA) is 61.9 Å². The van der Waals surface area contributed by atoms with E-state index in [1.54, 1.807) is 0 Å². The molecule has 1 N–H and O–H groups in total. The predicted molar refractivity (Wildman–Crippen MR) is 46.1 cm³/mol. The molecule has 1 aliphatic rings. The van der Waals surface area contributed by atoms with Crippen LogP contribution in [0.5, 0.6) is 0 Å². The lowest BCUT2D eigenvalue weighted by Gasteiger charge is -2.13. The van der Waals surface area contributed by atoms with E-state index in [0.29, 0.717) is 11.7 Å². The number of aromatic amines is 1. The highest BCUT2D eigenvalue weighted by Crippen LogP contribution is 2.16. The van der Waals surface area contributed by atoms with Crippen LogP contribution in [0.2, 0.25) is 0 Å². The van der Waals surface area contributed by atoms with Gasteiger partial charge in [-0.3, -0.25) is 9.89 Å². The number of carbonyl (C=O) groups is 1. The molecule has 70 valence electrons. The summed E-state index contributed by atoms with van der Waals surface area (Å²) in [6.07, 6.45) is 2.44. The van der Waals surface area contributed by atoms with Gasteiger partial charge in [0, 0.05) is 13.1 Å². The van der Waals surface area contributed by atoms with Crippen LogP contribution in [0.1, 0.15) is 24.0 Å². The quantitative estimate of drug-likeness (QED) is 0.675. The average Bonchev–Trinajstić information content (AvgIpc) is 2.72. The molecule has 1 saturated heterocycles. The largest absolute Gasteiger partial charge is 0.336 e. The van der Waals surface area contributed by atoms with E-state index in [9.17, 15) is 4.79 Å². The molecule has 1 aromatic rings. The second-order valence-corrected chi connectivity index (χ2v) is 3.48. The van der Waals surface area contributed by atoms with Crippen molar-refractivity contribution in [1.82, 2.24) is 20.1 Å². The summed E-state index contributed by atoms with van der Waals surface area (Å²) in [6, 6.07) is 0. The van der Waals surface area contributed by atoms with E-state index in [-0.39, 0.29) is 5.91 Å². The van der Waals surface area contributed by atoms with Crippen LogP contribution in [-0.4, -0.2) is 39.1 Å². The summed E-state index contributed by atoms with van der Waals surface area (Å²) in [4.78, 5) is 17.3. The molecule has 0 aromatic carbocycles. The van der Waals surface area contributed by atoms with Gasteiger partial charge in [-0.1, -0.05) is 6.92 Å². The van der Waals surface area contributed by atoms with Crippen molar-refractivity contribution in [3.8, 4) is 0 Å². The van der Waals surface area contributed by atoms with Gasteiger partial charge >= 0.3 is 0 Å². The van der Waals surface area contributed by atoms with Crippen molar-refractivity contribution in [2.45, 2.75) is 13.3 Å². The van der Waals surface area contributed by atoms with Crippen molar-refractivity contribution < 1.29 is 4.79 Å². The molecule has 2 heterocycles. The summed E-state index contributed by atoms with van der Waals surface area (Å²) in [6.45, 7) is 3.81. The number of H-pyrrole nitrogens is 1. The molecule has 1 aliphatic heterocycles. The lowest BCUT2D eigenvalue weighted by molar-refractivity contribution is 0.0776. The molecule has 5 heteroatoms. The van der Waals surface area contributed by atoms with E-state index in [1.807, 2.05) is 4.90 Å². The van der Waals surface area contributed by atoms with Gasteiger partial charge in [-0.15, -0.1) is 0 Å². The third-order valence-electron chi connectivity index (χ3n) is 2.33. The molecule has 13 heavy (non-hydrogen) atoms. The van der Waals surface area contributed by atoms with E-state index in [1.165, 1.54) is 6.33 Å². The zero-order valence-corrected chi connectivity index (χ0v) is 7.53. The molecule has 5 nitrogen and oxygen atoms in total. The second kappa shape index (κ2) is 3.16. The molecule has 0 bridgehead atoms. The fourth-order valence-electron chi connectivity index (χ4n) is 1.58. The van der Waals surface area contributed by atoms with Gasteiger partial charge in [0.05, 0.1) is 0 Å². The highest BCUT2D eigenvalue weighted by Gasteiger charge is 2.25. The summed E-state index contributed by atoms with van der Waals surface area (Å²) >= 11 is 0. The van der Waals surface area contributed by atoms with Gasteiger partial charge in [0.15, 0.2) is 0 Å². The zero-order valence-electron chi connectivity index (χ0n) is 7.53. The molecule has 1 fully saturated rings. The number of amides is 1. The Labute approximate surface area is 76.2 Å². The minimum absolute atomic E-state index is 0.0400. The highest BCUT2D eigenvalue weighted by atomic mass is 16.2. The molecule has 1 atom stereocenters. The van der Waals surface area contributed by atoms with Crippen LogP contribution in [0.4, 0.5) is 0 Å². The van der Waals surface area contributed by atoms with Gasteiger partial charge in [0.25, 0.3) is 5.91 Å². The van der Waals surface area contributed by atoms with Crippen molar-refractivity contribution in [2.24, 2.45) is 5.92 Å². The molecule has 1 unspecified atom stereocenters. The maximum atomic E-state index is 11.6. The third kappa shape index (κ3) is 1.54. The number of rotatable bonds is 1. The first-order chi connectivity index (χ1) is 6.27. The number of carbonyl (C=O) groups excluding carboxylic acids is 1. The van der Waals surface area contributed by atoms with Gasteiger partial charge in [-0.2, -0.15) is 5.10 Å². The molecular weight excluding hydrogens is 168 g/mol. The van der Waals surface area contributed by atoms with Crippen LogP contribution >= 0.6 is 0 Å². The Morgan fingerprint density at radius 2 is 2.62 bits per heavy atom. The van der Waals surface area contributed by atoms with Crippen LogP contribution in [0.15, 0.2) is 6.33 Å². The van der Waals surface area contributed by atoms with Crippen LogP contribution in [0.3, 0.4) is 0 Å². The molecular formula is C8H12N4O. The average molecular weight is 180 g/mol. The number of nitrogens with zero attached hydrogens (tertiary/aromatic N) is 3. The van der Waals surface area contributed by atoms with Gasteiger partial charge in [0.1, 0.15) is 6.33 Å². The van der Waals surface area contributed by atoms with Gasteiger partial charge < -0.3 is 4.90 Å². The smallest absolute Gasteiger partial charge is 0.291 e. The van der Waals surface area contributed by atoms with E-state index in [2.05, 4.69) is 22.1 Å². The summed E-state index contributed by atoms with van der Waals surface area (Å²) in [5, 5.41) is 6.23. The molecule has 1 amide bonds. The minimum atomic E-state index is -0.0400. The molecule has 1 aromatic heterocycles. The molecule has 0 saturated carbocycles.